The molecule has 0 spiro atoms. The van der Waals surface area contributed by atoms with Crippen LogP contribution in [0.1, 0.15) is 5.56 Å². The van der Waals surface area contributed by atoms with Crippen molar-refractivity contribution in [2.75, 3.05) is 10.6 Å². The monoisotopic (exact) mass is 356 g/mol. The van der Waals surface area contributed by atoms with Crippen LogP contribution in [0.3, 0.4) is 0 Å². The molecule has 0 aliphatic rings. The molecule has 2 aromatic heterocycles. The zero-order valence-electron chi connectivity index (χ0n) is 12.9. The minimum Gasteiger partial charge on any atom is -0.360 e. The first-order valence-electron chi connectivity index (χ1n) is 7.28. The lowest BCUT2D eigenvalue weighted by Crippen LogP contribution is -2.08. The average molecular weight is 357 g/mol. The van der Waals surface area contributed by atoms with Gasteiger partial charge in [0.15, 0.2) is 0 Å². The van der Waals surface area contributed by atoms with E-state index in [2.05, 4.69) is 25.6 Å². The van der Waals surface area contributed by atoms with Crippen LogP contribution < -0.4 is 10.6 Å². The molecule has 1 aromatic carbocycles. The summed E-state index contributed by atoms with van der Waals surface area (Å²) < 4.78 is 0. The Bertz CT molecular complexity index is 891. The summed E-state index contributed by atoms with van der Waals surface area (Å²) in [6.07, 6.45) is 4.58. The molecular formula is C16H13ClN6O2. The Morgan fingerprint density at radius 3 is 2.72 bits per heavy atom. The number of hydrogen-bond donors (Lipinski definition) is 2. The Morgan fingerprint density at radius 2 is 2.00 bits per heavy atom. The second kappa shape index (κ2) is 7.54. The van der Waals surface area contributed by atoms with Crippen LogP contribution in [0.15, 0.2) is 55.1 Å². The minimum atomic E-state index is -0.529. The van der Waals surface area contributed by atoms with E-state index in [0.717, 1.165) is 5.56 Å². The van der Waals surface area contributed by atoms with Crippen molar-refractivity contribution in [1.29, 1.82) is 0 Å². The molecule has 25 heavy (non-hydrogen) atoms. The fraction of sp³-hybridized carbons (Fsp3) is 0.0625. The van der Waals surface area contributed by atoms with Gasteiger partial charge in [-0.15, -0.1) is 0 Å². The van der Waals surface area contributed by atoms with Crippen LogP contribution in [-0.2, 0) is 6.54 Å². The molecule has 0 fully saturated rings. The van der Waals surface area contributed by atoms with Gasteiger partial charge >= 0.3 is 5.69 Å². The van der Waals surface area contributed by atoms with Gasteiger partial charge in [-0.25, -0.2) is 9.97 Å². The smallest absolute Gasteiger partial charge is 0.353 e. The molecule has 0 aliphatic carbocycles. The maximum absolute atomic E-state index is 11.5. The third-order valence-electron chi connectivity index (χ3n) is 3.27. The zero-order valence-corrected chi connectivity index (χ0v) is 13.6. The van der Waals surface area contributed by atoms with Crippen molar-refractivity contribution in [3.8, 4) is 0 Å². The summed E-state index contributed by atoms with van der Waals surface area (Å²) >= 11 is 5.94. The van der Waals surface area contributed by atoms with Gasteiger partial charge in [-0.3, -0.25) is 15.1 Å². The Morgan fingerprint density at radius 1 is 1.16 bits per heavy atom. The van der Waals surface area contributed by atoms with Gasteiger partial charge in [-0.2, -0.15) is 0 Å². The van der Waals surface area contributed by atoms with Crippen LogP contribution in [0, 0.1) is 10.1 Å². The fourth-order valence-corrected chi connectivity index (χ4v) is 2.35. The van der Waals surface area contributed by atoms with Crippen LogP contribution >= 0.6 is 11.6 Å². The molecule has 3 rings (SSSR count). The van der Waals surface area contributed by atoms with Gasteiger partial charge in [0, 0.05) is 29.6 Å². The van der Waals surface area contributed by atoms with Crippen LogP contribution in [0.5, 0.6) is 0 Å². The van der Waals surface area contributed by atoms with E-state index in [4.69, 9.17) is 11.6 Å². The standard InChI is InChI=1S/C16H13ClN6O2/c17-12-4-1-5-13(7-12)22-16-14(23(24)25)15(20-10-21-16)19-9-11-3-2-6-18-8-11/h1-8,10H,9H2,(H2,19,20,21,22). The summed E-state index contributed by atoms with van der Waals surface area (Å²) in [4.78, 5) is 23.0. The minimum absolute atomic E-state index is 0.0796. The van der Waals surface area contributed by atoms with Crippen molar-refractivity contribution in [2.24, 2.45) is 0 Å². The van der Waals surface area contributed by atoms with Crippen molar-refractivity contribution in [3.05, 3.63) is 75.8 Å². The highest BCUT2D eigenvalue weighted by molar-refractivity contribution is 6.30. The van der Waals surface area contributed by atoms with E-state index in [-0.39, 0.29) is 17.3 Å². The quantitative estimate of drug-likeness (QED) is 0.511. The molecule has 0 saturated heterocycles. The number of pyridine rings is 1. The Hall–Kier alpha value is -3.26. The molecule has 0 saturated carbocycles. The Balaban J connectivity index is 1.87. The molecule has 2 N–H and O–H groups in total. The van der Waals surface area contributed by atoms with Gasteiger partial charge in [0.1, 0.15) is 6.33 Å². The average Bonchev–Trinajstić information content (AvgIpc) is 2.61. The predicted octanol–water partition coefficient (Wildman–Crippen LogP) is 3.79. The summed E-state index contributed by atoms with van der Waals surface area (Å²) in [7, 11) is 0. The molecule has 0 radical (unpaired) electrons. The number of hydrogen-bond acceptors (Lipinski definition) is 7. The van der Waals surface area contributed by atoms with Gasteiger partial charge < -0.3 is 10.6 Å². The van der Waals surface area contributed by atoms with Crippen LogP contribution in [0.4, 0.5) is 23.0 Å². The van der Waals surface area contributed by atoms with E-state index in [1.54, 1.807) is 42.7 Å². The van der Waals surface area contributed by atoms with E-state index >= 15 is 0 Å². The molecule has 0 unspecified atom stereocenters. The first kappa shape index (κ1) is 16.6. The first-order chi connectivity index (χ1) is 12.1. The summed E-state index contributed by atoms with van der Waals surface area (Å²) in [5.74, 6) is 0.198. The third kappa shape index (κ3) is 4.18. The third-order valence-corrected chi connectivity index (χ3v) is 3.51. The first-order valence-corrected chi connectivity index (χ1v) is 7.66. The Kier molecular flexibility index (Phi) is 5.00. The van der Waals surface area contributed by atoms with Crippen molar-refractivity contribution in [2.45, 2.75) is 6.54 Å². The summed E-state index contributed by atoms with van der Waals surface area (Å²) in [5, 5.41) is 17.9. The number of anilines is 3. The van der Waals surface area contributed by atoms with Gasteiger partial charge in [0.05, 0.1) is 4.92 Å². The van der Waals surface area contributed by atoms with E-state index in [1.807, 2.05) is 6.07 Å². The molecule has 9 heteroatoms. The Labute approximate surface area is 148 Å². The number of nitro groups is 1. The van der Waals surface area contributed by atoms with Gasteiger partial charge in [-0.1, -0.05) is 23.7 Å². The predicted molar refractivity (Wildman–Crippen MR) is 95.0 cm³/mol. The summed E-state index contributed by atoms with van der Waals surface area (Å²) in [5.41, 5.74) is 1.22. The van der Waals surface area contributed by atoms with Gasteiger partial charge in [0.2, 0.25) is 11.6 Å². The lowest BCUT2D eigenvalue weighted by molar-refractivity contribution is -0.383. The zero-order chi connectivity index (χ0) is 17.6. The summed E-state index contributed by atoms with van der Waals surface area (Å²) in [6, 6.07) is 10.5. The van der Waals surface area contributed by atoms with E-state index < -0.39 is 4.92 Å². The summed E-state index contributed by atoms with van der Waals surface area (Å²) in [6.45, 7) is 0.350. The molecule has 0 aliphatic heterocycles. The van der Waals surface area contributed by atoms with Crippen molar-refractivity contribution < 1.29 is 4.92 Å². The maximum Gasteiger partial charge on any atom is 0.353 e. The topological polar surface area (TPSA) is 106 Å². The van der Waals surface area contributed by atoms with E-state index in [0.29, 0.717) is 17.3 Å². The molecule has 126 valence electrons. The number of nitrogens with zero attached hydrogens (tertiary/aromatic N) is 4. The van der Waals surface area contributed by atoms with Crippen molar-refractivity contribution >= 4 is 34.6 Å². The van der Waals surface area contributed by atoms with Gasteiger partial charge in [-0.05, 0) is 29.8 Å². The molecule has 0 atom stereocenters. The molecule has 0 amide bonds. The van der Waals surface area contributed by atoms with E-state index in [9.17, 15) is 10.1 Å². The largest absolute Gasteiger partial charge is 0.360 e. The van der Waals surface area contributed by atoms with Crippen molar-refractivity contribution in [1.82, 2.24) is 15.0 Å². The number of benzene rings is 1. The second-order valence-corrected chi connectivity index (χ2v) is 5.46. The highest BCUT2D eigenvalue weighted by Crippen LogP contribution is 2.31. The maximum atomic E-state index is 11.5. The molecule has 8 nitrogen and oxygen atoms in total. The van der Waals surface area contributed by atoms with Crippen LogP contribution in [0.25, 0.3) is 0 Å². The molecule has 0 bridgehead atoms. The molecule has 3 aromatic rings. The lowest BCUT2D eigenvalue weighted by atomic mass is 10.3. The highest BCUT2D eigenvalue weighted by atomic mass is 35.5. The van der Waals surface area contributed by atoms with Crippen LogP contribution in [0.2, 0.25) is 5.02 Å². The number of nitrogens with one attached hydrogen (secondary N) is 2. The van der Waals surface area contributed by atoms with Crippen LogP contribution in [-0.4, -0.2) is 19.9 Å². The van der Waals surface area contributed by atoms with Crippen molar-refractivity contribution in [3.63, 3.8) is 0 Å². The SMILES string of the molecule is O=[N+]([O-])c1c(NCc2cccnc2)ncnc1Nc1cccc(Cl)c1. The number of rotatable bonds is 6. The van der Waals surface area contributed by atoms with Gasteiger partial charge in [0.25, 0.3) is 0 Å². The number of halogens is 1. The molecule has 2 heterocycles. The fourth-order valence-electron chi connectivity index (χ4n) is 2.16. The second-order valence-electron chi connectivity index (χ2n) is 5.03. The number of aromatic nitrogens is 3. The lowest BCUT2D eigenvalue weighted by Gasteiger charge is -2.10. The highest BCUT2D eigenvalue weighted by Gasteiger charge is 2.23. The van der Waals surface area contributed by atoms with E-state index in [1.165, 1.54) is 6.33 Å². The normalized spacial score (nSPS) is 10.3. The molecular weight excluding hydrogens is 344 g/mol.